The number of halogens is 2. The van der Waals surface area contributed by atoms with Gasteiger partial charge in [-0.25, -0.2) is 4.39 Å². The Morgan fingerprint density at radius 1 is 1.17 bits per heavy atom. The molecular weight excluding hydrogens is 344 g/mol. The van der Waals surface area contributed by atoms with Crippen LogP contribution in [0.4, 0.5) is 4.39 Å². The van der Waals surface area contributed by atoms with E-state index in [-0.39, 0.29) is 11.2 Å². The van der Waals surface area contributed by atoms with E-state index in [1.165, 1.54) is 12.1 Å². The molecule has 2 nitrogen and oxygen atoms in total. The maximum absolute atomic E-state index is 13.4. The van der Waals surface area contributed by atoms with Gasteiger partial charge in [-0.3, -0.25) is 4.79 Å². The number of hydrogen-bond acceptors (Lipinski definition) is 1. The summed E-state index contributed by atoms with van der Waals surface area (Å²) >= 11 is 2.07. The molecule has 0 atom stereocenters. The highest BCUT2D eigenvalue weighted by Crippen LogP contribution is 2.23. The van der Waals surface area contributed by atoms with E-state index in [4.69, 9.17) is 0 Å². The second-order valence-corrected chi connectivity index (χ2v) is 5.94. The van der Waals surface area contributed by atoms with Crippen LogP contribution in [0.25, 0.3) is 10.9 Å². The molecule has 0 spiro atoms. The summed E-state index contributed by atoms with van der Waals surface area (Å²) in [6, 6.07) is 2.81. The Hall–Kier alpha value is -0.910. The summed E-state index contributed by atoms with van der Waals surface area (Å²) in [7, 11) is 0. The van der Waals surface area contributed by atoms with Crippen LogP contribution in [-0.2, 0) is 12.8 Å². The molecule has 1 aromatic carbocycles. The standard InChI is InChI=1S/C14H13FINO/c15-8-6-10-13(11(16)7-8)17-12-5-3-1-2-4-9(12)14(10)18/h6-7H,1-5H2,(H,17,18). The lowest BCUT2D eigenvalue weighted by Gasteiger charge is -2.09. The molecular formula is C14H13FINO. The summed E-state index contributed by atoms with van der Waals surface area (Å²) in [5.74, 6) is -0.342. The average molecular weight is 357 g/mol. The summed E-state index contributed by atoms with van der Waals surface area (Å²) in [5.41, 5.74) is 2.71. The molecule has 94 valence electrons. The van der Waals surface area contributed by atoms with Crippen LogP contribution in [0.2, 0.25) is 0 Å². The van der Waals surface area contributed by atoms with Crippen molar-refractivity contribution in [3.05, 3.63) is 43.0 Å². The van der Waals surface area contributed by atoms with Crippen molar-refractivity contribution in [1.29, 1.82) is 0 Å². The Bertz CT molecular complexity index is 678. The van der Waals surface area contributed by atoms with Crippen molar-refractivity contribution in [2.24, 2.45) is 0 Å². The number of aromatic nitrogens is 1. The van der Waals surface area contributed by atoms with Crippen LogP contribution in [0, 0.1) is 9.39 Å². The van der Waals surface area contributed by atoms with Gasteiger partial charge in [0.05, 0.1) is 5.52 Å². The van der Waals surface area contributed by atoms with Crippen LogP contribution in [0.5, 0.6) is 0 Å². The first-order chi connectivity index (χ1) is 8.66. The molecule has 4 heteroatoms. The summed E-state index contributed by atoms with van der Waals surface area (Å²) in [5, 5.41) is 0.486. The Labute approximate surface area is 118 Å². The largest absolute Gasteiger partial charge is 0.357 e. The van der Waals surface area contributed by atoms with Gasteiger partial charge in [0, 0.05) is 20.2 Å². The summed E-state index contributed by atoms with van der Waals surface area (Å²) in [6.07, 6.45) is 5.06. The van der Waals surface area contributed by atoms with Crippen LogP contribution in [0.1, 0.15) is 30.5 Å². The number of nitrogens with one attached hydrogen (secondary N) is 1. The SMILES string of the molecule is O=c1c2c([nH]c3c(I)cc(F)cc13)CCCCC2. The first kappa shape index (κ1) is 12.1. The lowest BCUT2D eigenvalue weighted by atomic mass is 10.0. The highest BCUT2D eigenvalue weighted by Gasteiger charge is 2.16. The van der Waals surface area contributed by atoms with E-state index in [2.05, 4.69) is 27.6 Å². The van der Waals surface area contributed by atoms with Gasteiger partial charge in [0.25, 0.3) is 0 Å². The van der Waals surface area contributed by atoms with E-state index in [9.17, 15) is 9.18 Å². The highest BCUT2D eigenvalue weighted by molar-refractivity contribution is 14.1. The number of hydrogen-bond donors (Lipinski definition) is 1. The number of pyridine rings is 1. The minimum Gasteiger partial charge on any atom is -0.357 e. The van der Waals surface area contributed by atoms with E-state index in [1.807, 2.05) is 0 Å². The molecule has 0 unspecified atom stereocenters. The minimum absolute atomic E-state index is 0.0121. The van der Waals surface area contributed by atoms with Gasteiger partial charge >= 0.3 is 0 Å². The molecule has 1 heterocycles. The second kappa shape index (κ2) is 4.64. The number of fused-ring (bicyclic) bond motifs is 2. The Morgan fingerprint density at radius 2 is 1.94 bits per heavy atom. The molecule has 1 N–H and O–H groups in total. The van der Waals surface area contributed by atoms with Gasteiger partial charge in [0.2, 0.25) is 0 Å². The van der Waals surface area contributed by atoms with Crippen LogP contribution < -0.4 is 5.43 Å². The molecule has 3 rings (SSSR count). The van der Waals surface area contributed by atoms with Gasteiger partial charge in [0.1, 0.15) is 5.82 Å². The molecule has 0 fully saturated rings. The number of rotatable bonds is 0. The van der Waals surface area contributed by atoms with Gasteiger partial charge in [-0.15, -0.1) is 0 Å². The summed E-state index contributed by atoms with van der Waals surface area (Å²) in [6.45, 7) is 0. The molecule has 1 aliphatic carbocycles. The zero-order valence-electron chi connectivity index (χ0n) is 9.85. The van der Waals surface area contributed by atoms with E-state index in [0.717, 1.165) is 52.4 Å². The van der Waals surface area contributed by atoms with Crippen molar-refractivity contribution < 1.29 is 4.39 Å². The Kier molecular flexibility index (Phi) is 3.13. The molecule has 2 aromatic rings. The van der Waals surface area contributed by atoms with Gasteiger partial charge in [0.15, 0.2) is 5.43 Å². The number of aryl methyl sites for hydroxylation is 1. The first-order valence-electron chi connectivity index (χ1n) is 6.19. The Balaban J connectivity index is 2.38. The molecule has 0 saturated heterocycles. The molecule has 0 radical (unpaired) electrons. The van der Waals surface area contributed by atoms with Crippen molar-refractivity contribution in [3.63, 3.8) is 0 Å². The molecule has 0 aliphatic heterocycles. The normalized spacial score (nSPS) is 15.4. The fraction of sp³-hybridized carbons (Fsp3) is 0.357. The van der Waals surface area contributed by atoms with E-state index >= 15 is 0 Å². The number of aromatic amines is 1. The van der Waals surface area contributed by atoms with Crippen molar-refractivity contribution in [1.82, 2.24) is 4.98 Å². The molecule has 18 heavy (non-hydrogen) atoms. The first-order valence-corrected chi connectivity index (χ1v) is 7.27. The van der Waals surface area contributed by atoms with Crippen molar-refractivity contribution in [2.75, 3.05) is 0 Å². The van der Waals surface area contributed by atoms with Crippen LogP contribution in [-0.4, -0.2) is 4.98 Å². The minimum atomic E-state index is -0.342. The molecule has 0 amide bonds. The van der Waals surface area contributed by atoms with Crippen LogP contribution in [0.3, 0.4) is 0 Å². The molecule has 0 bridgehead atoms. The molecule has 1 aliphatic rings. The molecule has 1 aromatic heterocycles. The van der Waals surface area contributed by atoms with Crippen molar-refractivity contribution >= 4 is 33.5 Å². The summed E-state index contributed by atoms with van der Waals surface area (Å²) in [4.78, 5) is 15.8. The maximum atomic E-state index is 13.4. The van der Waals surface area contributed by atoms with Gasteiger partial charge in [-0.1, -0.05) is 6.42 Å². The molecule has 0 saturated carbocycles. The third-order valence-corrected chi connectivity index (χ3v) is 4.42. The lowest BCUT2D eigenvalue weighted by Crippen LogP contribution is -2.14. The summed E-state index contributed by atoms with van der Waals surface area (Å²) < 4.78 is 14.2. The van der Waals surface area contributed by atoms with Crippen molar-refractivity contribution in [2.45, 2.75) is 32.1 Å². The third kappa shape index (κ3) is 1.96. The predicted octanol–water partition coefficient (Wildman–Crippen LogP) is 3.54. The predicted molar refractivity (Wildman–Crippen MR) is 78.5 cm³/mol. The van der Waals surface area contributed by atoms with Crippen LogP contribution in [0.15, 0.2) is 16.9 Å². The topological polar surface area (TPSA) is 32.9 Å². The zero-order valence-corrected chi connectivity index (χ0v) is 12.0. The van der Waals surface area contributed by atoms with E-state index in [0.29, 0.717) is 5.39 Å². The smallest absolute Gasteiger partial charge is 0.192 e. The quantitative estimate of drug-likeness (QED) is 0.568. The fourth-order valence-electron chi connectivity index (χ4n) is 2.66. The Morgan fingerprint density at radius 3 is 2.78 bits per heavy atom. The second-order valence-electron chi connectivity index (χ2n) is 4.78. The maximum Gasteiger partial charge on any atom is 0.192 e. The highest BCUT2D eigenvalue weighted by atomic mass is 127. The van der Waals surface area contributed by atoms with E-state index < -0.39 is 0 Å². The van der Waals surface area contributed by atoms with Gasteiger partial charge in [-0.2, -0.15) is 0 Å². The van der Waals surface area contributed by atoms with Gasteiger partial charge < -0.3 is 4.98 Å². The fourth-order valence-corrected chi connectivity index (χ4v) is 3.39. The number of H-pyrrole nitrogens is 1. The third-order valence-electron chi connectivity index (χ3n) is 3.57. The van der Waals surface area contributed by atoms with Crippen molar-refractivity contribution in [3.8, 4) is 0 Å². The number of benzene rings is 1. The lowest BCUT2D eigenvalue weighted by molar-refractivity contribution is 0.628. The van der Waals surface area contributed by atoms with Gasteiger partial charge in [-0.05, 0) is 60.4 Å². The zero-order chi connectivity index (χ0) is 12.7. The van der Waals surface area contributed by atoms with E-state index in [1.54, 1.807) is 0 Å². The van der Waals surface area contributed by atoms with Crippen LogP contribution >= 0.6 is 22.6 Å². The average Bonchev–Trinajstić information content (AvgIpc) is 2.56. The monoisotopic (exact) mass is 357 g/mol.